The fourth-order valence-corrected chi connectivity index (χ4v) is 8.78. The minimum atomic E-state index is 0.675. The van der Waals surface area contributed by atoms with Crippen LogP contribution in [0.1, 0.15) is 0 Å². The number of benzene rings is 7. The Labute approximate surface area is 327 Å². The summed E-state index contributed by atoms with van der Waals surface area (Å²) in [4.78, 5) is 14.6. The van der Waals surface area contributed by atoms with Gasteiger partial charge in [0.25, 0.3) is 0 Å². The van der Waals surface area contributed by atoms with Crippen LogP contribution >= 0.6 is 11.3 Å². The highest BCUT2D eigenvalue weighted by Crippen LogP contribution is 2.38. The molecule has 56 heavy (non-hydrogen) atoms. The van der Waals surface area contributed by atoms with E-state index in [1.807, 2.05) is 41.8 Å². The number of hydrogen-bond acceptors (Lipinski definition) is 5. The highest BCUT2D eigenvalue weighted by molar-refractivity contribution is 7.25. The van der Waals surface area contributed by atoms with Crippen LogP contribution < -0.4 is 0 Å². The molecule has 0 spiro atoms. The van der Waals surface area contributed by atoms with Crippen LogP contribution in [0.4, 0.5) is 0 Å². The van der Waals surface area contributed by atoms with Crippen molar-refractivity contribution in [3.05, 3.63) is 188 Å². The second-order valence-corrected chi connectivity index (χ2v) is 15.1. The lowest BCUT2D eigenvalue weighted by Crippen LogP contribution is -1.96. The molecule has 0 amide bonds. The van der Waals surface area contributed by atoms with E-state index in [4.69, 9.17) is 14.4 Å². The topological polar surface area (TPSA) is 51.8 Å². The van der Waals surface area contributed by atoms with Gasteiger partial charge in [-0.05, 0) is 81.9 Å². The average Bonchev–Trinajstić information content (AvgIpc) is 3.84. The lowest BCUT2D eigenvalue weighted by Gasteiger charge is -2.11. The van der Waals surface area contributed by atoms with Crippen LogP contribution in [0.2, 0.25) is 0 Å². The molecule has 0 fully saturated rings. The van der Waals surface area contributed by atoms with Crippen LogP contribution in [0.25, 0.3) is 109 Å². The highest BCUT2D eigenvalue weighted by atomic mass is 32.1. The summed E-state index contributed by atoms with van der Waals surface area (Å²) in [5.41, 5.74) is 13.3. The maximum Gasteiger partial charge on any atom is 0.160 e. The lowest BCUT2D eigenvalue weighted by molar-refractivity contribution is 0.669. The Morgan fingerprint density at radius 2 is 0.911 bits per heavy atom. The third-order valence-corrected chi connectivity index (χ3v) is 11.8. The minimum Gasteiger partial charge on any atom is -0.456 e. The van der Waals surface area contributed by atoms with Crippen LogP contribution in [0.3, 0.4) is 0 Å². The van der Waals surface area contributed by atoms with Gasteiger partial charge in [-0.3, -0.25) is 4.98 Å². The van der Waals surface area contributed by atoms with E-state index in [1.54, 1.807) is 6.20 Å². The van der Waals surface area contributed by atoms with Crippen LogP contribution in [0.5, 0.6) is 0 Å². The zero-order valence-electron chi connectivity index (χ0n) is 30.1. The molecule has 0 N–H and O–H groups in total. The smallest absolute Gasteiger partial charge is 0.160 e. The van der Waals surface area contributed by atoms with Crippen molar-refractivity contribution in [1.82, 2.24) is 15.0 Å². The van der Waals surface area contributed by atoms with Crippen LogP contribution in [0.15, 0.2) is 193 Å². The lowest BCUT2D eigenvalue weighted by atomic mass is 9.99. The average molecular weight is 734 g/mol. The van der Waals surface area contributed by atoms with Gasteiger partial charge in [0.1, 0.15) is 11.2 Å². The second-order valence-electron chi connectivity index (χ2n) is 14.1. The number of aromatic nitrogens is 3. The first kappa shape index (κ1) is 32.2. The van der Waals surface area contributed by atoms with Gasteiger partial charge in [-0.2, -0.15) is 0 Å². The fraction of sp³-hybridized carbons (Fsp3) is 0. The molecule has 0 aliphatic rings. The normalized spacial score (nSPS) is 11.6. The van der Waals surface area contributed by atoms with Gasteiger partial charge < -0.3 is 4.42 Å². The summed E-state index contributed by atoms with van der Waals surface area (Å²) in [7, 11) is 0. The number of fused-ring (bicyclic) bond motifs is 6. The Morgan fingerprint density at radius 1 is 0.357 bits per heavy atom. The summed E-state index contributed by atoms with van der Waals surface area (Å²) in [5.74, 6) is 0.675. The summed E-state index contributed by atoms with van der Waals surface area (Å²) in [5, 5.41) is 4.86. The van der Waals surface area contributed by atoms with E-state index in [0.29, 0.717) is 5.82 Å². The third-order valence-electron chi connectivity index (χ3n) is 10.6. The largest absolute Gasteiger partial charge is 0.456 e. The van der Waals surface area contributed by atoms with Crippen molar-refractivity contribution in [2.24, 2.45) is 0 Å². The van der Waals surface area contributed by atoms with E-state index in [0.717, 1.165) is 72.3 Å². The molecule has 4 nitrogen and oxygen atoms in total. The Kier molecular flexibility index (Phi) is 7.64. The molecule has 0 radical (unpaired) electrons. The molecule has 262 valence electrons. The SMILES string of the molecule is c1cncc(-c2ccc(-c3nc(-c4ccc(-c5ccc6c(c5)oc5ccccc56)cc4)cc(-c4ccc(-c5ccc6sc7ccccc7c6c5)cc4)n3)cc2)c1. The van der Waals surface area contributed by atoms with Crippen LogP contribution in [-0.2, 0) is 0 Å². The number of furan rings is 1. The molecule has 0 atom stereocenters. The van der Waals surface area contributed by atoms with Crippen molar-refractivity contribution in [3.63, 3.8) is 0 Å². The number of pyridine rings is 1. The van der Waals surface area contributed by atoms with E-state index >= 15 is 0 Å². The number of para-hydroxylation sites is 1. The molecule has 4 heterocycles. The highest BCUT2D eigenvalue weighted by Gasteiger charge is 2.14. The van der Waals surface area contributed by atoms with Gasteiger partial charge in [-0.15, -0.1) is 11.3 Å². The molecule has 0 aliphatic heterocycles. The van der Waals surface area contributed by atoms with E-state index in [1.165, 1.54) is 31.3 Å². The number of hydrogen-bond donors (Lipinski definition) is 0. The summed E-state index contributed by atoms with van der Waals surface area (Å²) in [6.45, 7) is 0. The first-order chi connectivity index (χ1) is 27.7. The van der Waals surface area contributed by atoms with Crippen molar-refractivity contribution < 1.29 is 4.42 Å². The standard InChI is InChI=1S/C51H31N3OS/c1-3-9-47-41(7-1)42-25-23-39(29-48(42)55-47)33-13-19-36(20-14-33)46-30-45(53-51(54-46)37-21-15-34(16-22-37)40-6-5-27-52-31-40)35-17-11-32(12-18-35)38-24-26-50-44(28-38)43-8-2-4-10-49(43)56-50/h1-31H. The van der Waals surface area contributed by atoms with Crippen molar-refractivity contribution in [2.75, 3.05) is 0 Å². The maximum atomic E-state index is 6.19. The van der Waals surface area contributed by atoms with Gasteiger partial charge in [-0.1, -0.05) is 127 Å². The Morgan fingerprint density at radius 3 is 1.62 bits per heavy atom. The van der Waals surface area contributed by atoms with E-state index < -0.39 is 0 Å². The molecule has 7 aromatic carbocycles. The Bertz CT molecular complexity index is 3220. The molecule has 0 aliphatic carbocycles. The van der Waals surface area contributed by atoms with E-state index in [-0.39, 0.29) is 0 Å². The predicted octanol–water partition coefficient (Wildman–Crippen LogP) is 14.1. The molecule has 5 heteroatoms. The molecule has 11 aromatic rings. The zero-order valence-corrected chi connectivity index (χ0v) is 30.9. The summed E-state index contributed by atoms with van der Waals surface area (Å²) >= 11 is 1.84. The Hall–Kier alpha value is -7.21. The third kappa shape index (κ3) is 5.74. The van der Waals surface area contributed by atoms with E-state index in [2.05, 4.69) is 157 Å². The monoisotopic (exact) mass is 733 g/mol. The van der Waals surface area contributed by atoms with E-state index in [9.17, 15) is 0 Å². The molecule has 0 bridgehead atoms. The second kappa shape index (κ2) is 13.3. The molecule has 11 rings (SSSR count). The predicted molar refractivity (Wildman–Crippen MR) is 233 cm³/mol. The molecular weight excluding hydrogens is 703 g/mol. The number of thiophene rings is 1. The quantitative estimate of drug-likeness (QED) is 0.171. The van der Waals surface area contributed by atoms with Gasteiger partial charge >= 0.3 is 0 Å². The van der Waals surface area contributed by atoms with Crippen LogP contribution in [-0.4, -0.2) is 15.0 Å². The van der Waals surface area contributed by atoms with Gasteiger partial charge in [0.2, 0.25) is 0 Å². The molecular formula is C51H31N3OS. The first-order valence-electron chi connectivity index (χ1n) is 18.6. The molecule has 0 unspecified atom stereocenters. The molecule has 0 saturated carbocycles. The van der Waals surface area contributed by atoms with Crippen molar-refractivity contribution in [2.45, 2.75) is 0 Å². The zero-order chi connectivity index (χ0) is 37.0. The summed E-state index contributed by atoms with van der Waals surface area (Å²) in [6.07, 6.45) is 3.67. The molecule has 4 aromatic heterocycles. The van der Waals surface area contributed by atoms with Gasteiger partial charge in [0.15, 0.2) is 5.82 Å². The van der Waals surface area contributed by atoms with Gasteiger partial charge in [0.05, 0.1) is 11.4 Å². The number of nitrogens with zero attached hydrogens (tertiary/aromatic N) is 3. The van der Waals surface area contributed by atoms with Gasteiger partial charge in [-0.25, -0.2) is 9.97 Å². The van der Waals surface area contributed by atoms with Gasteiger partial charge in [0, 0.05) is 60.0 Å². The summed E-state index contributed by atoms with van der Waals surface area (Å²) < 4.78 is 8.81. The first-order valence-corrected chi connectivity index (χ1v) is 19.5. The summed E-state index contributed by atoms with van der Waals surface area (Å²) in [6, 6.07) is 61.9. The van der Waals surface area contributed by atoms with Crippen molar-refractivity contribution >= 4 is 53.4 Å². The van der Waals surface area contributed by atoms with Crippen molar-refractivity contribution in [1.29, 1.82) is 0 Å². The van der Waals surface area contributed by atoms with Crippen LogP contribution in [0, 0.1) is 0 Å². The maximum absolute atomic E-state index is 6.19. The number of rotatable bonds is 6. The van der Waals surface area contributed by atoms with Crippen molar-refractivity contribution in [3.8, 4) is 67.3 Å². The minimum absolute atomic E-state index is 0.675. The molecule has 0 saturated heterocycles. The Balaban J connectivity index is 0.962. The fourth-order valence-electron chi connectivity index (χ4n) is 7.70.